The maximum absolute atomic E-state index is 2.39. The van der Waals surface area contributed by atoms with Gasteiger partial charge in [0, 0.05) is 34.2 Å². The lowest BCUT2D eigenvalue weighted by Crippen LogP contribution is -2.31. The van der Waals surface area contributed by atoms with E-state index in [1.165, 1.54) is 44.3 Å². The van der Waals surface area contributed by atoms with Gasteiger partial charge in [-0.2, -0.15) is 4.57 Å². The van der Waals surface area contributed by atoms with E-state index in [4.69, 9.17) is 0 Å². The van der Waals surface area contributed by atoms with Crippen LogP contribution in [0.1, 0.15) is 5.56 Å². The smallest absolute Gasteiger partial charge is 0.213 e. The highest BCUT2D eigenvalue weighted by molar-refractivity contribution is 6.09. The number of para-hydroxylation sites is 2. The molecule has 2 nitrogen and oxygen atoms in total. The number of pyridine rings is 1. The monoisotopic (exact) mass is 333 g/mol. The van der Waals surface area contributed by atoms with Crippen LogP contribution in [-0.2, 0) is 6.54 Å². The van der Waals surface area contributed by atoms with E-state index in [2.05, 4.69) is 100 Å². The zero-order chi connectivity index (χ0) is 17.1. The zero-order valence-electron chi connectivity index (χ0n) is 14.3. The van der Waals surface area contributed by atoms with Crippen molar-refractivity contribution in [2.75, 3.05) is 0 Å². The number of hydrogen-bond donors (Lipinski definition) is 0. The fraction of sp³-hybridized carbons (Fsp3) is 0.0417. The molecule has 2 aromatic heterocycles. The number of fused-ring (bicyclic) bond motifs is 6. The van der Waals surface area contributed by atoms with Crippen molar-refractivity contribution in [2.24, 2.45) is 0 Å². The Bertz CT molecular complexity index is 1260. The highest BCUT2D eigenvalue weighted by Gasteiger charge is 2.25. The van der Waals surface area contributed by atoms with Gasteiger partial charge in [-0.25, -0.2) is 0 Å². The summed E-state index contributed by atoms with van der Waals surface area (Å²) in [7, 11) is 0. The molecule has 0 fully saturated rings. The molecule has 0 atom stereocenters. The molecule has 0 unspecified atom stereocenters. The van der Waals surface area contributed by atoms with Crippen molar-refractivity contribution in [3.05, 3.63) is 96.7 Å². The molecule has 0 aliphatic carbocycles. The lowest BCUT2D eigenvalue weighted by atomic mass is 10.1. The number of aromatic nitrogens is 2. The Kier molecular flexibility index (Phi) is 2.69. The molecule has 0 bridgehead atoms. The summed E-state index contributed by atoms with van der Waals surface area (Å²) in [6, 6.07) is 30.6. The van der Waals surface area contributed by atoms with Gasteiger partial charge < -0.3 is 4.57 Å². The molecule has 6 rings (SSSR count). The maximum Gasteiger partial charge on any atom is 0.213 e. The second-order valence-electron chi connectivity index (χ2n) is 6.92. The van der Waals surface area contributed by atoms with Gasteiger partial charge >= 0.3 is 0 Å². The third-order valence-corrected chi connectivity index (χ3v) is 5.49. The Labute approximate surface area is 151 Å². The molecule has 3 heterocycles. The predicted octanol–water partition coefficient (Wildman–Crippen LogP) is 5.10. The van der Waals surface area contributed by atoms with Crippen molar-refractivity contribution < 1.29 is 4.57 Å². The molecular formula is C24H17N2+. The van der Waals surface area contributed by atoms with Gasteiger partial charge in [-0.1, -0.05) is 36.4 Å². The molecule has 5 aromatic rings. The standard InChI is InChI=1S/C24H17N2/c1-3-10-23-19(7-1)20-8-2-4-11-24(20)26(23)18-13-12-17-16-25-14-6-5-9-22(25)21(17)15-18/h1-15H,16H2/q+1. The molecule has 26 heavy (non-hydrogen) atoms. The molecule has 0 N–H and O–H groups in total. The van der Waals surface area contributed by atoms with E-state index in [-0.39, 0.29) is 0 Å². The summed E-state index contributed by atoms with van der Waals surface area (Å²) < 4.78 is 4.71. The molecule has 0 radical (unpaired) electrons. The highest BCUT2D eigenvalue weighted by atomic mass is 15.0. The predicted molar refractivity (Wildman–Crippen MR) is 106 cm³/mol. The van der Waals surface area contributed by atoms with Gasteiger partial charge in [0.15, 0.2) is 12.7 Å². The van der Waals surface area contributed by atoms with Crippen LogP contribution in [0.15, 0.2) is 91.1 Å². The van der Waals surface area contributed by atoms with E-state index in [1.807, 2.05) is 0 Å². The molecular weight excluding hydrogens is 316 g/mol. The van der Waals surface area contributed by atoms with Crippen LogP contribution in [0, 0.1) is 0 Å². The summed E-state index contributed by atoms with van der Waals surface area (Å²) in [6.45, 7) is 0.957. The largest absolute Gasteiger partial charge is 0.309 e. The van der Waals surface area contributed by atoms with Crippen LogP contribution in [0.25, 0.3) is 38.8 Å². The van der Waals surface area contributed by atoms with Crippen LogP contribution < -0.4 is 4.57 Å². The van der Waals surface area contributed by atoms with Gasteiger partial charge in [-0.3, -0.25) is 0 Å². The van der Waals surface area contributed by atoms with Crippen molar-refractivity contribution in [1.82, 2.24) is 4.57 Å². The second kappa shape index (κ2) is 5.06. The molecule has 122 valence electrons. The van der Waals surface area contributed by atoms with Crippen LogP contribution in [0.3, 0.4) is 0 Å². The minimum atomic E-state index is 0.957. The molecule has 3 aromatic carbocycles. The summed E-state index contributed by atoms with van der Waals surface area (Å²) >= 11 is 0. The zero-order valence-corrected chi connectivity index (χ0v) is 14.3. The van der Waals surface area contributed by atoms with Crippen LogP contribution in [0.2, 0.25) is 0 Å². The number of nitrogens with zero attached hydrogens (tertiary/aromatic N) is 2. The molecule has 0 spiro atoms. The maximum atomic E-state index is 2.39. The summed E-state index contributed by atoms with van der Waals surface area (Å²) in [5.74, 6) is 0. The summed E-state index contributed by atoms with van der Waals surface area (Å²) in [6.07, 6.45) is 2.16. The average Bonchev–Trinajstić information content (AvgIpc) is 3.23. The first-order valence-corrected chi connectivity index (χ1v) is 9.00. The second-order valence-corrected chi connectivity index (χ2v) is 6.92. The van der Waals surface area contributed by atoms with E-state index < -0.39 is 0 Å². The van der Waals surface area contributed by atoms with Crippen LogP contribution in [-0.4, -0.2) is 4.57 Å². The molecule has 0 amide bonds. The Morgan fingerprint density at radius 2 is 1.38 bits per heavy atom. The number of rotatable bonds is 1. The Morgan fingerprint density at radius 1 is 0.692 bits per heavy atom. The van der Waals surface area contributed by atoms with E-state index in [1.54, 1.807) is 0 Å². The first-order valence-electron chi connectivity index (χ1n) is 9.00. The molecule has 1 aliphatic heterocycles. The van der Waals surface area contributed by atoms with E-state index >= 15 is 0 Å². The first-order chi connectivity index (χ1) is 12.9. The number of hydrogen-bond acceptors (Lipinski definition) is 0. The quantitative estimate of drug-likeness (QED) is 0.370. The van der Waals surface area contributed by atoms with Crippen LogP contribution in [0.5, 0.6) is 0 Å². The lowest BCUT2D eigenvalue weighted by Gasteiger charge is -2.09. The van der Waals surface area contributed by atoms with E-state index in [0.717, 1.165) is 6.54 Å². The molecule has 1 aliphatic rings. The molecule has 2 heteroatoms. The van der Waals surface area contributed by atoms with Gasteiger partial charge in [0.05, 0.1) is 16.6 Å². The molecule has 0 saturated heterocycles. The normalized spacial score (nSPS) is 12.5. The van der Waals surface area contributed by atoms with Gasteiger partial charge in [0.2, 0.25) is 5.69 Å². The van der Waals surface area contributed by atoms with Crippen LogP contribution in [0.4, 0.5) is 0 Å². The van der Waals surface area contributed by atoms with Gasteiger partial charge in [-0.15, -0.1) is 0 Å². The van der Waals surface area contributed by atoms with Crippen LogP contribution >= 0.6 is 0 Å². The lowest BCUT2D eigenvalue weighted by molar-refractivity contribution is -0.672. The Balaban J connectivity index is 1.68. The number of benzene rings is 3. The SMILES string of the molecule is c1cc[n+]2c(c1)-c1cc(-n3c4ccccc4c4ccccc43)ccc1C2. The minimum Gasteiger partial charge on any atom is -0.309 e. The third-order valence-electron chi connectivity index (χ3n) is 5.49. The fourth-order valence-corrected chi connectivity index (χ4v) is 4.32. The fourth-order valence-electron chi connectivity index (χ4n) is 4.32. The van der Waals surface area contributed by atoms with Crippen molar-refractivity contribution in [3.63, 3.8) is 0 Å². The summed E-state index contributed by atoms with van der Waals surface area (Å²) in [4.78, 5) is 0. The first kappa shape index (κ1) is 13.9. The Hall–Kier alpha value is -3.39. The van der Waals surface area contributed by atoms with Gasteiger partial charge in [-0.05, 0) is 36.4 Å². The third kappa shape index (κ3) is 1.79. The Morgan fingerprint density at radius 3 is 2.15 bits per heavy atom. The van der Waals surface area contributed by atoms with Crippen molar-refractivity contribution in [3.8, 4) is 16.9 Å². The van der Waals surface area contributed by atoms with E-state index in [0.29, 0.717) is 0 Å². The summed E-state index contributed by atoms with van der Waals surface area (Å²) in [5.41, 5.74) is 7.76. The van der Waals surface area contributed by atoms with Crippen molar-refractivity contribution >= 4 is 21.8 Å². The van der Waals surface area contributed by atoms with Gasteiger partial charge in [0.25, 0.3) is 0 Å². The van der Waals surface area contributed by atoms with Gasteiger partial charge in [0.1, 0.15) is 0 Å². The van der Waals surface area contributed by atoms with Crippen molar-refractivity contribution in [2.45, 2.75) is 6.54 Å². The van der Waals surface area contributed by atoms with Crippen molar-refractivity contribution in [1.29, 1.82) is 0 Å². The summed E-state index contributed by atoms with van der Waals surface area (Å²) in [5, 5.41) is 2.61. The average molecular weight is 333 g/mol. The van der Waals surface area contributed by atoms with E-state index in [9.17, 15) is 0 Å². The minimum absolute atomic E-state index is 0.957. The topological polar surface area (TPSA) is 8.81 Å². The highest BCUT2D eigenvalue weighted by Crippen LogP contribution is 2.34. The molecule has 0 saturated carbocycles.